The van der Waals surface area contributed by atoms with Crippen molar-refractivity contribution in [2.24, 2.45) is 0 Å². The Morgan fingerprint density at radius 3 is 2.50 bits per heavy atom. The molecule has 0 fully saturated rings. The Morgan fingerprint density at radius 2 is 1.82 bits per heavy atom. The minimum Gasteiger partial charge on any atom is -0.329 e. The summed E-state index contributed by atoms with van der Waals surface area (Å²) in [7, 11) is 0. The Balaban J connectivity index is 1.56. The number of nitrogens with zero attached hydrogens (tertiary/aromatic N) is 4. The van der Waals surface area contributed by atoms with Crippen LogP contribution in [-0.2, 0) is 12.7 Å². The SMILES string of the molecule is CCn1c(C)nc2cc(C(=O)NNC(=O)c3cnn(-c4cccc(Cl)c4)c3C(F)(F)F)ccc21. The van der Waals surface area contributed by atoms with Gasteiger partial charge in [0.2, 0.25) is 0 Å². The second kappa shape index (κ2) is 8.82. The van der Waals surface area contributed by atoms with Gasteiger partial charge >= 0.3 is 6.18 Å². The molecule has 8 nitrogen and oxygen atoms in total. The zero-order valence-electron chi connectivity index (χ0n) is 17.9. The van der Waals surface area contributed by atoms with Crippen LogP contribution in [0.1, 0.15) is 39.2 Å². The number of aromatic nitrogens is 4. The van der Waals surface area contributed by atoms with E-state index >= 15 is 0 Å². The molecular weight excluding hydrogens is 473 g/mol. The minimum atomic E-state index is -4.91. The van der Waals surface area contributed by atoms with Gasteiger partial charge < -0.3 is 4.57 Å². The van der Waals surface area contributed by atoms with E-state index in [9.17, 15) is 22.8 Å². The van der Waals surface area contributed by atoms with E-state index in [4.69, 9.17) is 11.6 Å². The zero-order valence-corrected chi connectivity index (χ0v) is 18.7. The van der Waals surface area contributed by atoms with Crippen LogP contribution in [-0.4, -0.2) is 31.1 Å². The summed E-state index contributed by atoms with van der Waals surface area (Å²) < 4.78 is 43.9. The van der Waals surface area contributed by atoms with Crippen molar-refractivity contribution in [2.45, 2.75) is 26.6 Å². The van der Waals surface area contributed by atoms with Gasteiger partial charge in [0, 0.05) is 17.1 Å². The second-order valence-corrected chi connectivity index (χ2v) is 7.75. The molecule has 12 heteroatoms. The molecule has 2 aromatic carbocycles. The van der Waals surface area contributed by atoms with Crippen LogP contribution in [0.5, 0.6) is 0 Å². The summed E-state index contributed by atoms with van der Waals surface area (Å²) in [4.78, 5) is 29.4. The number of rotatable bonds is 4. The first-order valence-corrected chi connectivity index (χ1v) is 10.5. The number of benzene rings is 2. The lowest BCUT2D eigenvalue weighted by Gasteiger charge is -2.13. The van der Waals surface area contributed by atoms with Crippen molar-refractivity contribution in [3.05, 3.63) is 76.3 Å². The highest BCUT2D eigenvalue weighted by molar-refractivity contribution is 6.30. The smallest absolute Gasteiger partial charge is 0.329 e. The van der Waals surface area contributed by atoms with Crippen LogP contribution in [0.4, 0.5) is 13.2 Å². The van der Waals surface area contributed by atoms with Crippen molar-refractivity contribution in [1.29, 1.82) is 0 Å². The number of alkyl halides is 3. The minimum absolute atomic E-state index is 0.0259. The fourth-order valence-corrected chi connectivity index (χ4v) is 3.82. The zero-order chi connectivity index (χ0) is 24.6. The van der Waals surface area contributed by atoms with E-state index in [-0.39, 0.29) is 16.3 Å². The monoisotopic (exact) mass is 490 g/mol. The standard InChI is InChI=1S/C22H18ClF3N6O2/c1-3-31-12(2)28-17-9-13(7-8-18(17)31)20(33)29-30-21(34)16-11-27-32(19(16)22(24,25)26)15-6-4-5-14(23)10-15/h4-11H,3H2,1-2H3,(H,29,33)(H,30,34). The van der Waals surface area contributed by atoms with Gasteiger partial charge in [-0.05, 0) is 50.2 Å². The summed E-state index contributed by atoms with van der Waals surface area (Å²) in [5.74, 6) is -1.12. The van der Waals surface area contributed by atoms with Crippen molar-refractivity contribution >= 4 is 34.4 Å². The molecule has 0 saturated heterocycles. The number of hydrogen-bond acceptors (Lipinski definition) is 4. The second-order valence-electron chi connectivity index (χ2n) is 7.31. The summed E-state index contributed by atoms with van der Waals surface area (Å²) in [5, 5.41) is 3.91. The predicted octanol–water partition coefficient (Wildman–Crippen LogP) is 4.30. The summed E-state index contributed by atoms with van der Waals surface area (Å²) in [5.41, 5.74) is 3.71. The molecule has 0 aliphatic carbocycles. The van der Waals surface area contributed by atoms with E-state index < -0.39 is 29.2 Å². The fourth-order valence-electron chi connectivity index (χ4n) is 3.63. The molecule has 0 atom stereocenters. The van der Waals surface area contributed by atoms with E-state index in [2.05, 4.69) is 15.5 Å². The molecule has 0 unspecified atom stereocenters. The quantitative estimate of drug-likeness (QED) is 0.417. The number of hydrogen-bond donors (Lipinski definition) is 2. The highest BCUT2D eigenvalue weighted by Gasteiger charge is 2.40. The lowest BCUT2D eigenvalue weighted by atomic mass is 10.2. The van der Waals surface area contributed by atoms with Gasteiger partial charge in [0.25, 0.3) is 11.8 Å². The van der Waals surface area contributed by atoms with E-state index in [1.807, 2.05) is 23.8 Å². The molecule has 2 amide bonds. The molecule has 4 aromatic rings. The molecular formula is C22H18ClF3N6O2. The van der Waals surface area contributed by atoms with Crippen LogP contribution in [0.15, 0.2) is 48.7 Å². The van der Waals surface area contributed by atoms with E-state index in [0.29, 0.717) is 16.7 Å². The van der Waals surface area contributed by atoms with Crippen LogP contribution in [0, 0.1) is 6.92 Å². The normalized spacial score (nSPS) is 11.6. The first kappa shape index (κ1) is 23.3. The summed E-state index contributed by atoms with van der Waals surface area (Å²) in [6.45, 7) is 4.51. The molecule has 0 aliphatic heterocycles. The Hall–Kier alpha value is -3.86. The van der Waals surface area contributed by atoms with Crippen molar-refractivity contribution in [3.8, 4) is 5.69 Å². The average molecular weight is 491 g/mol. The molecule has 2 aromatic heterocycles. The van der Waals surface area contributed by atoms with Gasteiger partial charge in [-0.25, -0.2) is 9.67 Å². The van der Waals surface area contributed by atoms with Crippen molar-refractivity contribution in [2.75, 3.05) is 0 Å². The van der Waals surface area contributed by atoms with E-state index in [1.54, 1.807) is 6.07 Å². The molecule has 0 aliphatic rings. The van der Waals surface area contributed by atoms with Gasteiger partial charge in [0.15, 0.2) is 5.69 Å². The van der Waals surface area contributed by atoms with Crippen LogP contribution in [0.25, 0.3) is 16.7 Å². The molecule has 0 radical (unpaired) electrons. The maximum atomic E-state index is 13.8. The number of aryl methyl sites for hydroxylation is 2. The average Bonchev–Trinajstić information content (AvgIpc) is 3.37. The fraction of sp³-hybridized carbons (Fsp3) is 0.182. The number of carbonyl (C=O) groups excluding carboxylic acids is 2. The lowest BCUT2D eigenvalue weighted by molar-refractivity contribution is -0.143. The number of nitrogens with one attached hydrogen (secondary N) is 2. The van der Waals surface area contributed by atoms with Gasteiger partial charge in [-0.15, -0.1) is 0 Å². The maximum absolute atomic E-state index is 13.8. The summed E-state index contributed by atoms with van der Waals surface area (Å²) in [6.07, 6.45) is -4.13. The van der Waals surface area contributed by atoms with E-state index in [0.717, 1.165) is 17.5 Å². The van der Waals surface area contributed by atoms with Crippen molar-refractivity contribution in [1.82, 2.24) is 30.2 Å². The Labute approximate surface area is 196 Å². The van der Waals surface area contributed by atoms with Gasteiger partial charge in [-0.2, -0.15) is 18.3 Å². The first-order chi connectivity index (χ1) is 16.1. The highest BCUT2D eigenvalue weighted by atomic mass is 35.5. The molecule has 0 bridgehead atoms. The topological polar surface area (TPSA) is 93.8 Å². The number of fused-ring (bicyclic) bond motifs is 1. The van der Waals surface area contributed by atoms with Gasteiger partial charge in [-0.1, -0.05) is 17.7 Å². The van der Waals surface area contributed by atoms with Gasteiger partial charge in [0.05, 0.1) is 28.5 Å². The third-order valence-corrected chi connectivity index (χ3v) is 5.38. The molecule has 0 spiro atoms. The molecule has 0 saturated carbocycles. The predicted molar refractivity (Wildman–Crippen MR) is 119 cm³/mol. The van der Waals surface area contributed by atoms with Gasteiger partial charge in [-0.3, -0.25) is 20.4 Å². The lowest BCUT2D eigenvalue weighted by Crippen LogP contribution is -2.42. The molecule has 2 heterocycles. The molecule has 34 heavy (non-hydrogen) atoms. The molecule has 2 N–H and O–H groups in total. The number of hydrazine groups is 1. The Kier molecular flexibility index (Phi) is 6.05. The Bertz CT molecular complexity index is 1410. The number of amides is 2. The van der Waals surface area contributed by atoms with E-state index in [1.165, 1.54) is 36.4 Å². The maximum Gasteiger partial charge on any atom is 0.434 e. The summed E-state index contributed by atoms with van der Waals surface area (Å²) >= 11 is 5.87. The van der Waals surface area contributed by atoms with Crippen molar-refractivity contribution < 1.29 is 22.8 Å². The largest absolute Gasteiger partial charge is 0.434 e. The molecule has 4 rings (SSSR count). The van der Waals surface area contributed by atoms with Crippen LogP contribution in [0.2, 0.25) is 5.02 Å². The van der Waals surface area contributed by atoms with Crippen LogP contribution < -0.4 is 10.9 Å². The molecule has 176 valence electrons. The number of carbonyl (C=O) groups is 2. The van der Waals surface area contributed by atoms with Gasteiger partial charge in [0.1, 0.15) is 5.82 Å². The third-order valence-electron chi connectivity index (χ3n) is 5.14. The Morgan fingerprint density at radius 1 is 1.09 bits per heavy atom. The highest BCUT2D eigenvalue weighted by Crippen LogP contribution is 2.34. The first-order valence-electron chi connectivity index (χ1n) is 10.1. The number of imidazole rings is 1. The van der Waals surface area contributed by atoms with Crippen LogP contribution in [0.3, 0.4) is 0 Å². The number of halogens is 4. The summed E-state index contributed by atoms with van der Waals surface area (Å²) in [6, 6.07) is 10.4. The van der Waals surface area contributed by atoms with Crippen molar-refractivity contribution in [3.63, 3.8) is 0 Å². The van der Waals surface area contributed by atoms with Crippen LogP contribution >= 0.6 is 11.6 Å². The third kappa shape index (κ3) is 4.34.